The van der Waals surface area contributed by atoms with Crippen LogP contribution in [0.1, 0.15) is 26.5 Å². The van der Waals surface area contributed by atoms with Gasteiger partial charge in [-0.2, -0.15) is 0 Å². The van der Waals surface area contributed by atoms with Gasteiger partial charge in [-0.1, -0.05) is 20.8 Å². The smallest absolute Gasteiger partial charge is 0.253 e. The van der Waals surface area contributed by atoms with Gasteiger partial charge in [0.1, 0.15) is 0 Å². The third kappa shape index (κ3) is 3.88. The lowest BCUT2D eigenvalue weighted by Crippen LogP contribution is -2.39. The summed E-state index contributed by atoms with van der Waals surface area (Å²) in [5, 5.41) is 0. The first-order chi connectivity index (χ1) is 8.97. The van der Waals surface area contributed by atoms with Gasteiger partial charge in [0.25, 0.3) is 5.56 Å². The molecule has 106 valence electrons. The van der Waals surface area contributed by atoms with E-state index in [4.69, 9.17) is 4.74 Å². The highest BCUT2D eigenvalue weighted by atomic mass is 16.5. The average molecular weight is 265 g/mol. The van der Waals surface area contributed by atoms with E-state index in [1.807, 2.05) is 0 Å². The van der Waals surface area contributed by atoms with Crippen LogP contribution in [0.4, 0.5) is 0 Å². The molecule has 0 amide bonds. The Labute approximate surface area is 114 Å². The van der Waals surface area contributed by atoms with Crippen molar-refractivity contribution in [1.82, 2.24) is 14.5 Å². The molecule has 0 radical (unpaired) electrons. The topological polar surface area (TPSA) is 47.4 Å². The fraction of sp³-hybridized carbons (Fsp3) is 0.714. The number of hydrogen-bond acceptors (Lipinski definition) is 4. The molecule has 19 heavy (non-hydrogen) atoms. The van der Waals surface area contributed by atoms with E-state index in [9.17, 15) is 4.79 Å². The van der Waals surface area contributed by atoms with Gasteiger partial charge in [0.2, 0.25) is 0 Å². The zero-order chi connectivity index (χ0) is 13.9. The molecule has 1 aromatic rings. The molecule has 0 aromatic carbocycles. The molecule has 0 bridgehead atoms. The van der Waals surface area contributed by atoms with Crippen molar-refractivity contribution in [3.63, 3.8) is 0 Å². The van der Waals surface area contributed by atoms with Crippen molar-refractivity contribution in [1.29, 1.82) is 0 Å². The Hall–Kier alpha value is -1.20. The van der Waals surface area contributed by atoms with Gasteiger partial charge < -0.3 is 4.74 Å². The molecule has 0 atom stereocenters. The molecule has 0 spiro atoms. The van der Waals surface area contributed by atoms with Gasteiger partial charge in [-0.3, -0.25) is 14.3 Å². The standard InChI is InChI=1S/C14H23N3O2/c1-14(2,3)12-10-13(18)17(11-15-12)5-4-16-6-8-19-9-7-16/h10-11H,4-9H2,1-3H3. The molecule has 1 aliphatic heterocycles. The number of hydrogen-bond donors (Lipinski definition) is 0. The minimum Gasteiger partial charge on any atom is -0.379 e. The first-order valence-electron chi connectivity index (χ1n) is 6.84. The van der Waals surface area contributed by atoms with E-state index in [0.717, 1.165) is 38.5 Å². The molecule has 0 N–H and O–H groups in total. The van der Waals surface area contributed by atoms with Crippen molar-refractivity contribution >= 4 is 0 Å². The van der Waals surface area contributed by atoms with E-state index < -0.39 is 0 Å². The summed E-state index contributed by atoms with van der Waals surface area (Å²) in [5.74, 6) is 0. The molecule has 0 aliphatic carbocycles. The molecule has 1 saturated heterocycles. The van der Waals surface area contributed by atoms with E-state index in [0.29, 0.717) is 6.54 Å². The Morgan fingerprint density at radius 1 is 1.26 bits per heavy atom. The molecule has 1 fully saturated rings. The summed E-state index contributed by atoms with van der Waals surface area (Å²) in [6, 6.07) is 1.65. The van der Waals surface area contributed by atoms with Crippen molar-refractivity contribution in [2.45, 2.75) is 32.7 Å². The van der Waals surface area contributed by atoms with Crippen LogP contribution in [0.15, 0.2) is 17.2 Å². The second-order valence-electron chi connectivity index (χ2n) is 6.01. The first kappa shape index (κ1) is 14.2. The number of rotatable bonds is 3. The monoisotopic (exact) mass is 265 g/mol. The summed E-state index contributed by atoms with van der Waals surface area (Å²) in [6.45, 7) is 11.2. The SMILES string of the molecule is CC(C)(C)c1cc(=O)n(CCN2CCOCC2)cn1. The summed E-state index contributed by atoms with van der Waals surface area (Å²) in [7, 11) is 0. The highest BCUT2D eigenvalue weighted by Gasteiger charge is 2.16. The maximum absolute atomic E-state index is 12.0. The lowest BCUT2D eigenvalue weighted by molar-refractivity contribution is 0.0362. The van der Waals surface area contributed by atoms with Crippen LogP contribution in [0.3, 0.4) is 0 Å². The van der Waals surface area contributed by atoms with Crippen LogP contribution in [0.2, 0.25) is 0 Å². The summed E-state index contributed by atoms with van der Waals surface area (Å²) >= 11 is 0. The fourth-order valence-electron chi connectivity index (χ4n) is 2.08. The van der Waals surface area contributed by atoms with E-state index in [2.05, 4.69) is 30.7 Å². The number of aromatic nitrogens is 2. The Morgan fingerprint density at radius 3 is 2.53 bits per heavy atom. The predicted octanol–water partition coefficient (Wildman–Crippen LogP) is 0.873. The van der Waals surface area contributed by atoms with Gasteiger partial charge in [-0.15, -0.1) is 0 Å². The molecule has 2 rings (SSSR count). The predicted molar refractivity (Wildman–Crippen MR) is 74.5 cm³/mol. The van der Waals surface area contributed by atoms with Crippen LogP contribution < -0.4 is 5.56 Å². The number of nitrogens with zero attached hydrogens (tertiary/aromatic N) is 3. The minimum absolute atomic E-state index is 0.0354. The molecule has 5 heteroatoms. The van der Waals surface area contributed by atoms with Crippen LogP contribution >= 0.6 is 0 Å². The maximum atomic E-state index is 12.0. The molecule has 2 heterocycles. The van der Waals surface area contributed by atoms with Crippen molar-refractivity contribution < 1.29 is 4.74 Å². The molecular formula is C14H23N3O2. The van der Waals surface area contributed by atoms with Crippen molar-refractivity contribution in [2.75, 3.05) is 32.8 Å². The summed E-state index contributed by atoms with van der Waals surface area (Å²) in [6.07, 6.45) is 1.67. The fourth-order valence-corrected chi connectivity index (χ4v) is 2.08. The van der Waals surface area contributed by atoms with Crippen LogP contribution in [0.5, 0.6) is 0 Å². The van der Waals surface area contributed by atoms with Gasteiger partial charge >= 0.3 is 0 Å². The first-order valence-corrected chi connectivity index (χ1v) is 6.84. The highest BCUT2D eigenvalue weighted by Crippen LogP contribution is 2.17. The van der Waals surface area contributed by atoms with Crippen LogP contribution in [0, 0.1) is 0 Å². The third-order valence-corrected chi connectivity index (χ3v) is 3.41. The Balaban J connectivity index is 1.99. The lowest BCUT2D eigenvalue weighted by atomic mass is 9.92. The third-order valence-electron chi connectivity index (χ3n) is 3.41. The highest BCUT2D eigenvalue weighted by molar-refractivity contribution is 5.10. The Bertz CT molecular complexity index is 470. The summed E-state index contributed by atoms with van der Waals surface area (Å²) in [5.41, 5.74) is 0.802. The van der Waals surface area contributed by atoms with Gasteiger partial charge in [0.15, 0.2) is 0 Å². The molecule has 0 saturated carbocycles. The Morgan fingerprint density at radius 2 is 1.95 bits per heavy atom. The summed E-state index contributed by atoms with van der Waals surface area (Å²) < 4.78 is 6.99. The zero-order valence-corrected chi connectivity index (χ0v) is 12.1. The van der Waals surface area contributed by atoms with Gasteiger partial charge in [-0.25, -0.2) is 4.98 Å². The second kappa shape index (κ2) is 5.84. The Kier molecular flexibility index (Phi) is 4.37. The summed E-state index contributed by atoms with van der Waals surface area (Å²) in [4.78, 5) is 18.7. The second-order valence-corrected chi connectivity index (χ2v) is 6.01. The van der Waals surface area contributed by atoms with Crippen molar-refractivity contribution in [3.05, 3.63) is 28.4 Å². The van der Waals surface area contributed by atoms with Crippen molar-refractivity contribution in [3.8, 4) is 0 Å². The average Bonchev–Trinajstić information content (AvgIpc) is 2.37. The van der Waals surface area contributed by atoms with Crippen LogP contribution in [-0.4, -0.2) is 47.3 Å². The van der Waals surface area contributed by atoms with Gasteiger partial charge in [0, 0.05) is 37.7 Å². The maximum Gasteiger partial charge on any atom is 0.253 e. The van der Waals surface area contributed by atoms with Crippen LogP contribution in [0.25, 0.3) is 0 Å². The van der Waals surface area contributed by atoms with E-state index in [1.54, 1.807) is 17.0 Å². The van der Waals surface area contributed by atoms with Gasteiger partial charge in [0.05, 0.1) is 25.2 Å². The number of ether oxygens (including phenoxy) is 1. The molecule has 5 nitrogen and oxygen atoms in total. The quantitative estimate of drug-likeness (QED) is 0.814. The van der Waals surface area contributed by atoms with E-state index in [1.165, 1.54) is 0 Å². The minimum atomic E-state index is -0.0809. The molecule has 1 aromatic heterocycles. The zero-order valence-electron chi connectivity index (χ0n) is 12.1. The normalized spacial score (nSPS) is 17.6. The van der Waals surface area contributed by atoms with E-state index in [-0.39, 0.29) is 11.0 Å². The lowest BCUT2D eigenvalue weighted by Gasteiger charge is -2.26. The molecule has 0 unspecified atom stereocenters. The molecule has 1 aliphatic rings. The van der Waals surface area contributed by atoms with Gasteiger partial charge in [-0.05, 0) is 0 Å². The van der Waals surface area contributed by atoms with E-state index >= 15 is 0 Å². The molecular weight excluding hydrogens is 242 g/mol. The largest absolute Gasteiger partial charge is 0.379 e. The van der Waals surface area contributed by atoms with Crippen LogP contribution in [-0.2, 0) is 16.7 Å². The number of morpholine rings is 1. The van der Waals surface area contributed by atoms with Crippen molar-refractivity contribution in [2.24, 2.45) is 0 Å².